The molecule has 5 heteroatoms. The molecule has 0 spiro atoms. The van der Waals surface area contributed by atoms with Gasteiger partial charge in [0.1, 0.15) is 0 Å². The summed E-state index contributed by atoms with van der Waals surface area (Å²) in [6.45, 7) is 1.70. The van der Waals surface area contributed by atoms with Crippen LogP contribution in [-0.4, -0.2) is 17.4 Å². The number of aryl methyl sites for hydroxylation is 1. The highest BCUT2D eigenvalue weighted by Crippen LogP contribution is 2.24. The number of alkyl halides is 3. The molecule has 0 saturated heterocycles. The number of benzene rings is 1. The van der Waals surface area contributed by atoms with E-state index >= 15 is 0 Å². The Morgan fingerprint density at radius 3 is 2.47 bits per heavy atom. The third-order valence-electron chi connectivity index (χ3n) is 2.03. The molecule has 0 aliphatic carbocycles. The van der Waals surface area contributed by atoms with Crippen molar-refractivity contribution in [3.05, 3.63) is 34.3 Å². The van der Waals surface area contributed by atoms with Gasteiger partial charge in [0.15, 0.2) is 6.10 Å². The Bertz CT molecular complexity index is 349. The first-order valence-electron chi connectivity index (χ1n) is 4.30. The van der Waals surface area contributed by atoms with Crippen LogP contribution >= 0.6 is 11.6 Å². The van der Waals surface area contributed by atoms with E-state index in [1.54, 1.807) is 6.92 Å². The molecular weight excluding hydrogens is 229 g/mol. The van der Waals surface area contributed by atoms with E-state index in [4.69, 9.17) is 16.7 Å². The number of aliphatic hydroxyl groups excluding tert-OH is 1. The average molecular weight is 239 g/mol. The zero-order chi connectivity index (χ0) is 11.6. The molecule has 1 rings (SSSR count). The largest absolute Gasteiger partial charge is 0.414 e. The van der Waals surface area contributed by atoms with Crippen LogP contribution in [0.4, 0.5) is 13.2 Å². The summed E-state index contributed by atoms with van der Waals surface area (Å²) in [7, 11) is 0. The summed E-state index contributed by atoms with van der Waals surface area (Å²) in [6, 6.07) is 4.54. The third-order valence-corrected chi connectivity index (χ3v) is 2.45. The van der Waals surface area contributed by atoms with Gasteiger partial charge in [-0.3, -0.25) is 0 Å². The lowest BCUT2D eigenvalue weighted by atomic mass is 10.1. The predicted molar refractivity (Wildman–Crippen MR) is 52.0 cm³/mol. The molecule has 0 aliphatic rings. The lowest BCUT2D eigenvalue weighted by Gasteiger charge is -2.14. The van der Waals surface area contributed by atoms with Gasteiger partial charge in [-0.2, -0.15) is 13.2 Å². The number of hydrogen-bond donors (Lipinski definition) is 1. The van der Waals surface area contributed by atoms with Crippen molar-refractivity contribution in [2.75, 3.05) is 0 Å². The van der Waals surface area contributed by atoms with Crippen LogP contribution in [0.1, 0.15) is 11.1 Å². The SMILES string of the molecule is Cc1cc(CC(O)C(F)(F)F)ccc1Cl. The van der Waals surface area contributed by atoms with Crippen molar-refractivity contribution in [2.45, 2.75) is 25.6 Å². The van der Waals surface area contributed by atoms with Gasteiger partial charge >= 0.3 is 6.18 Å². The second-order valence-corrected chi connectivity index (χ2v) is 3.75. The summed E-state index contributed by atoms with van der Waals surface area (Å²) in [5.74, 6) is 0. The van der Waals surface area contributed by atoms with Gasteiger partial charge in [0, 0.05) is 11.4 Å². The van der Waals surface area contributed by atoms with E-state index in [1.807, 2.05) is 0 Å². The Kier molecular flexibility index (Phi) is 3.62. The molecule has 15 heavy (non-hydrogen) atoms. The van der Waals surface area contributed by atoms with Crippen molar-refractivity contribution in [1.82, 2.24) is 0 Å². The van der Waals surface area contributed by atoms with Crippen molar-refractivity contribution in [3.63, 3.8) is 0 Å². The van der Waals surface area contributed by atoms with Crippen LogP contribution in [0, 0.1) is 6.92 Å². The quantitative estimate of drug-likeness (QED) is 0.839. The van der Waals surface area contributed by atoms with E-state index in [9.17, 15) is 13.2 Å². The fraction of sp³-hybridized carbons (Fsp3) is 0.400. The molecule has 0 aliphatic heterocycles. The molecule has 0 saturated carbocycles. The van der Waals surface area contributed by atoms with Crippen molar-refractivity contribution >= 4 is 11.6 Å². The lowest BCUT2D eigenvalue weighted by molar-refractivity contribution is -0.203. The molecule has 0 amide bonds. The van der Waals surface area contributed by atoms with Crippen LogP contribution in [0.2, 0.25) is 5.02 Å². The standard InChI is InChI=1S/C10H10ClF3O/c1-6-4-7(2-3-8(6)11)5-9(15)10(12,13)14/h2-4,9,15H,5H2,1H3. The summed E-state index contributed by atoms with van der Waals surface area (Å²) in [6.07, 6.45) is -7.34. The maximum Gasteiger partial charge on any atom is 0.414 e. The van der Waals surface area contributed by atoms with Gasteiger partial charge in [0.25, 0.3) is 0 Å². The van der Waals surface area contributed by atoms with Gasteiger partial charge in [0.05, 0.1) is 0 Å². The zero-order valence-electron chi connectivity index (χ0n) is 7.98. The van der Waals surface area contributed by atoms with Gasteiger partial charge in [-0.05, 0) is 24.1 Å². The van der Waals surface area contributed by atoms with Crippen molar-refractivity contribution in [3.8, 4) is 0 Å². The summed E-state index contributed by atoms with van der Waals surface area (Å²) >= 11 is 5.72. The first-order chi connectivity index (χ1) is 6.80. The Balaban J connectivity index is 2.78. The molecule has 1 atom stereocenters. The second-order valence-electron chi connectivity index (χ2n) is 3.35. The van der Waals surface area contributed by atoms with Crippen LogP contribution in [0.5, 0.6) is 0 Å². The lowest BCUT2D eigenvalue weighted by Crippen LogP contribution is -2.30. The van der Waals surface area contributed by atoms with Crippen molar-refractivity contribution < 1.29 is 18.3 Å². The molecule has 1 aromatic rings. The molecule has 1 nitrogen and oxygen atoms in total. The van der Waals surface area contributed by atoms with E-state index < -0.39 is 18.7 Å². The van der Waals surface area contributed by atoms with Gasteiger partial charge in [-0.15, -0.1) is 0 Å². The van der Waals surface area contributed by atoms with Gasteiger partial charge in [-0.25, -0.2) is 0 Å². The second kappa shape index (κ2) is 4.41. The van der Waals surface area contributed by atoms with E-state index in [0.717, 1.165) is 0 Å². The maximum atomic E-state index is 12.0. The fourth-order valence-electron chi connectivity index (χ4n) is 1.17. The average Bonchev–Trinajstić information content (AvgIpc) is 2.10. The number of hydrogen-bond acceptors (Lipinski definition) is 1. The zero-order valence-corrected chi connectivity index (χ0v) is 8.73. The molecule has 0 fully saturated rings. The van der Waals surface area contributed by atoms with E-state index in [1.165, 1.54) is 18.2 Å². The first-order valence-corrected chi connectivity index (χ1v) is 4.68. The van der Waals surface area contributed by atoms with Crippen molar-refractivity contribution in [1.29, 1.82) is 0 Å². The molecule has 0 heterocycles. The van der Waals surface area contributed by atoms with Crippen LogP contribution in [0.25, 0.3) is 0 Å². The van der Waals surface area contributed by atoms with Crippen molar-refractivity contribution in [2.24, 2.45) is 0 Å². The number of rotatable bonds is 2. The Hall–Kier alpha value is -0.740. The van der Waals surface area contributed by atoms with Crippen LogP contribution in [0.3, 0.4) is 0 Å². The minimum absolute atomic E-state index is 0.418. The molecule has 1 aromatic carbocycles. The normalized spacial score (nSPS) is 14.0. The third kappa shape index (κ3) is 3.39. The summed E-state index contributed by atoms with van der Waals surface area (Å²) in [5, 5.41) is 9.34. The van der Waals surface area contributed by atoms with Gasteiger partial charge < -0.3 is 5.11 Å². The first kappa shape index (κ1) is 12.3. The Morgan fingerprint density at radius 2 is 2.00 bits per heavy atom. The molecule has 0 aromatic heterocycles. The summed E-state index contributed by atoms with van der Waals surface area (Å²) in [5.41, 5.74) is 1.12. The monoisotopic (exact) mass is 238 g/mol. The Labute approximate surface area is 90.5 Å². The number of aliphatic hydroxyl groups is 1. The molecule has 1 N–H and O–H groups in total. The van der Waals surface area contributed by atoms with Gasteiger partial charge in [0.2, 0.25) is 0 Å². The highest BCUT2D eigenvalue weighted by Gasteiger charge is 2.37. The van der Waals surface area contributed by atoms with Gasteiger partial charge in [-0.1, -0.05) is 23.7 Å². The van der Waals surface area contributed by atoms with Crippen LogP contribution in [-0.2, 0) is 6.42 Å². The molecule has 1 unspecified atom stereocenters. The summed E-state index contributed by atoms with van der Waals surface area (Å²) < 4.78 is 36.1. The maximum absolute atomic E-state index is 12.0. The number of halogens is 4. The molecular formula is C10H10ClF3O. The minimum atomic E-state index is -4.58. The highest BCUT2D eigenvalue weighted by molar-refractivity contribution is 6.31. The van der Waals surface area contributed by atoms with E-state index in [-0.39, 0.29) is 0 Å². The fourth-order valence-corrected chi connectivity index (χ4v) is 1.29. The highest BCUT2D eigenvalue weighted by atomic mass is 35.5. The molecule has 0 radical (unpaired) electrons. The topological polar surface area (TPSA) is 20.2 Å². The van der Waals surface area contributed by atoms with Crippen LogP contribution in [0.15, 0.2) is 18.2 Å². The molecule has 0 bridgehead atoms. The smallest absolute Gasteiger partial charge is 0.383 e. The van der Waals surface area contributed by atoms with Crippen LogP contribution < -0.4 is 0 Å². The predicted octanol–water partition coefficient (Wildman–Crippen LogP) is 3.11. The van der Waals surface area contributed by atoms with E-state index in [0.29, 0.717) is 16.1 Å². The summed E-state index contributed by atoms with van der Waals surface area (Å²) in [4.78, 5) is 0. The Morgan fingerprint density at radius 1 is 1.40 bits per heavy atom. The molecule has 84 valence electrons. The van der Waals surface area contributed by atoms with E-state index in [2.05, 4.69) is 0 Å². The minimum Gasteiger partial charge on any atom is -0.383 e.